The lowest BCUT2D eigenvalue weighted by molar-refractivity contribution is -0.161. The molecule has 0 saturated heterocycles. The molecule has 598 valence electrons. The summed E-state index contributed by atoms with van der Waals surface area (Å²) < 4.78 is 68.6. The van der Waals surface area contributed by atoms with Crippen LogP contribution in [0.15, 0.2) is 122 Å². The summed E-state index contributed by atoms with van der Waals surface area (Å²) in [5, 5.41) is 10.6. The third-order valence-corrected chi connectivity index (χ3v) is 18.8. The van der Waals surface area contributed by atoms with E-state index < -0.39 is 97.5 Å². The number of hydrogen-bond acceptors (Lipinski definition) is 15. The zero-order valence-electron chi connectivity index (χ0n) is 65.4. The van der Waals surface area contributed by atoms with Crippen LogP contribution in [0, 0.1) is 0 Å². The maximum absolute atomic E-state index is 13.1. The lowest BCUT2D eigenvalue weighted by atomic mass is 10.1. The van der Waals surface area contributed by atoms with Gasteiger partial charge >= 0.3 is 39.5 Å². The lowest BCUT2D eigenvalue weighted by Gasteiger charge is -2.21. The van der Waals surface area contributed by atoms with Crippen molar-refractivity contribution in [1.82, 2.24) is 0 Å². The zero-order valence-corrected chi connectivity index (χ0v) is 67.2. The Bertz CT molecular complexity index is 2440. The van der Waals surface area contributed by atoms with Crippen molar-refractivity contribution in [3.05, 3.63) is 122 Å². The Kier molecular flexibility index (Phi) is 73.3. The standard InChI is InChI=1S/C85H146O17P2/c1-5-9-13-17-21-25-29-33-37-38-39-40-44-46-50-54-58-62-66-70-83(88)96-76-81(102-85(90)72-68-64-60-56-52-48-43-36-32-28-24-20-16-12-8-4)78-100-104(93,94)98-74-79(86)73-97-103(91,92)99-77-80(101-84(89)71-67-63-59-55-51-47-42-35-31-27-23-19-15-11-7-3)75-95-82(87)69-65-61-57-53-49-45-41-34-30-26-22-18-14-10-6-2/h9,13,21,24-28,30-31,33,36-37,39-40,43,46,50,58,62,79-81,86H,5-8,10-12,14-20,22-23,29,32,34-35,38,41-42,44-45,47-49,51-57,59-61,63-78H2,1-4H3,(H,91,92)(H,93,94)/b13-9-,25-21-,28-24-,30-26-,31-27-,37-33-,40-39-,43-36-,50-46-,62-58-/t79-,80-,81-/m1/s1. The van der Waals surface area contributed by atoms with Gasteiger partial charge in [-0.1, -0.05) is 284 Å². The smallest absolute Gasteiger partial charge is 0.462 e. The first-order valence-corrected chi connectivity index (χ1v) is 43.8. The average Bonchev–Trinajstić information content (AvgIpc) is 0.918. The summed E-state index contributed by atoms with van der Waals surface area (Å²) in [6.07, 6.45) is 84.7. The minimum absolute atomic E-state index is 0.0312. The van der Waals surface area contributed by atoms with Crippen molar-refractivity contribution in [3.8, 4) is 0 Å². The largest absolute Gasteiger partial charge is 0.472 e. The van der Waals surface area contributed by atoms with Crippen LogP contribution in [0.1, 0.15) is 336 Å². The molecular weight excluding hydrogens is 1350 g/mol. The van der Waals surface area contributed by atoms with E-state index in [4.69, 9.17) is 37.0 Å². The Morgan fingerprint density at radius 2 is 0.519 bits per heavy atom. The first-order chi connectivity index (χ1) is 50.7. The number of allylic oxidation sites excluding steroid dienone is 20. The van der Waals surface area contributed by atoms with Crippen molar-refractivity contribution in [3.63, 3.8) is 0 Å². The minimum Gasteiger partial charge on any atom is -0.462 e. The van der Waals surface area contributed by atoms with Crippen LogP contribution in [0.5, 0.6) is 0 Å². The maximum Gasteiger partial charge on any atom is 0.472 e. The molecule has 104 heavy (non-hydrogen) atoms. The Morgan fingerprint density at radius 3 is 0.856 bits per heavy atom. The van der Waals surface area contributed by atoms with Crippen LogP contribution < -0.4 is 0 Å². The number of esters is 4. The topological polar surface area (TPSA) is 237 Å². The van der Waals surface area contributed by atoms with Gasteiger partial charge in [0.1, 0.15) is 19.3 Å². The Balaban J connectivity index is 5.43. The molecule has 0 aromatic heterocycles. The summed E-state index contributed by atoms with van der Waals surface area (Å²) in [6.45, 7) is 4.63. The van der Waals surface area contributed by atoms with Crippen molar-refractivity contribution in [2.75, 3.05) is 39.6 Å². The second-order valence-electron chi connectivity index (χ2n) is 27.0. The fraction of sp³-hybridized carbons (Fsp3) is 0.718. The molecule has 0 aliphatic rings. The molecule has 0 aliphatic carbocycles. The number of rotatable bonds is 76. The maximum atomic E-state index is 13.1. The molecule has 3 N–H and O–H groups in total. The van der Waals surface area contributed by atoms with Gasteiger partial charge in [0.15, 0.2) is 12.2 Å². The highest BCUT2D eigenvalue weighted by atomic mass is 31.2. The third kappa shape index (κ3) is 75.7. The molecule has 0 heterocycles. The van der Waals surface area contributed by atoms with Gasteiger partial charge in [0.05, 0.1) is 26.4 Å². The van der Waals surface area contributed by atoms with E-state index in [1.54, 1.807) is 0 Å². The minimum atomic E-state index is -5.00. The molecule has 0 amide bonds. The SMILES string of the molecule is CC/C=C\C/C=C\C/C=C\C/C=C\C/C=C\C/C=C\CCC(=O)OC[C@H](COP(=O)(O)OC[C@H](O)COP(=O)(O)OC[C@@H](COC(=O)CCCCCCCCC/C=C\CCCCCC)OC(=O)CCCCCCCCC/C=C\CCCCCC)OC(=O)CCCCCCC/C=C\C/C=C\CCCCC. The molecule has 0 aliphatic heterocycles. The van der Waals surface area contributed by atoms with Crippen LogP contribution in [0.4, 0.5) is 0 Å². The summed E-state index contributed by atoms with van der Waals surface area (Å²) in [4.78, 5) is 73.0. The van der Waals surface area contributed by atoms with E-state index in [0.717, 1.165) is 167 Å². The van der Waals surface area contributed by atoms with E-state index in [2.05, 4.69) is 131 Å². The summed E-state index contributed by atoms with van der Waals surface area (Å²) in [7, 11) is -9.98. The molecule has 0 spiro atoms. The van der Waals surface area contributed by atoms with E-state index >= 15 is 0 Å². The number of hydrogen-bond donors (Lipinski definition) is 3. The van der Waals surface area contributed by atoms with E-state index in [-0.39, 0.29) is 25.7 Å². The van der Waals surface area contributed by atoms with E-state index in [1.807, 2.05) is 18.2 Å². The van der Waals surface area contributed by atoms with Crippen LogP contribution in [0.25, 0.3) is 0 Å². The van der Waals surface area contributed by atoms with Gasteiger partial charge in [-0.3, -0.25) is 37.3 Å². The second-order valence-corrected chi connectivity index (χ2v) is 29.9. The van der Waals surface area contributed by atoms with Crippen LogP contribution >= 0.6 is 15.6 Å². The van der Waals surface area contributed by atoms with Gasteiger partial charge < -0.3 is 33.8 Å². The van der Waals surface area contributed by atoms with Gasteiger partial charge in [-0.25, -0.2) is 9.13 Å². The predicted molar refractivity (Wildman–Crippen MR) is 427 cm³/mol. The number of phosphoric ester groups is 2. The zero-order chi connectivity index (χ0) is 76.0. The molecule has 0 saturated carbocycles. The number of unbranched alkanes of at least 4 members (excludes halogenated alkanes) is 30. The van der Waals surface area contributed by atoms with Crippen LogP contribution in [0.2, 0.25) is 0 Å². The molecule has 5 atom stereocenters. The lowest BCUT2D eigenvalue weighted by Crippen LogP contribution is -2.30. The number of aliphatic hydroxyl groups is 1. The fourth-order valence-corrected chi connectivity index (χ4v) is 12.3. The summed E-state index contributed by atoms with van der Waals surface area (Å²) in [5.74, 6) is -2.29. The first-order valence-electron chi connectivity index (χ1n) is 40.8. The number of phosphoric acid groups is 2. The van der Waals surface area contributed by atoms with Crippen molar-refractivity contribution in [1.29, 1.82) is 0 Å². The fourth-order valence-electron chi connectivity index (χ4n) is 10.7. The molecule has 0 fully saturated rings. The number of ether oxygens (including phenoxy) is 4. The van der Waals surface area contributed by atoms with Crippen molar-refractivity contribution >= 4 is 39.5 Å². The molecule has 0 bridgehead atoms. The molecule has 0 aromatic rings. The Morgan fingerprint density at radius 1 is 0.279 bits per heavy atom. The van der Waals surface area contributed by atoms with E-state index in [1.165, 1.54) is 83.5 Å². The molecule has 0 rings (SSSR count). The molecule has 17 nitrogen and oxygen atoms in total. The first kappa shape index (κ1) is 99.5. The predicted octanol–water partition coefficient (Wildman–Crippen LogP) is 23.9. The van der Waals surface area contributed by atoms with E-state index in [9.17, 15) is 43.2 Å². The monoisotopic (exact) mass is 1500 g/mol. The summed E-state index contributed by atoms with van der Waals surface area (Å²) in [5.41, 5.74) is 0. The van der Waals surface area contributed by atoms with Crippen LogP contribution in [-0.2, 0) is 65.4 Å². The Labute approximate surface area is 632 Å². The van der Waals surface area contributed by atoms with Crippen molar-refractivity contribution < 1.29 is 80.2 Å². The van der Waals surface area contributed by atoms with Gasteiger partial charge in [0, 0.05) is 25.7 Å². The average molecular weight is 1500 g/mol. The van der Waals surface area contributed by atoms with Gasteiger partial charge in [-0.2, -0.15) is 0 Å². The highest BCUT2D eigenvalue weighted by Gasteiger charge is 2.30. The van der Waals surface area contributed by atoms with E-state index in [0.29, 0.717) is 32.1 Å². The number of carbonyl (C=O) groups is 4. The van der Waals surface area contributed by atoms with Crippen LogP contribution in [-0.4, -0.2) is 96.7 Å². The summed E-state index contributed by atoms with van der Waals surface area (Å²) >= 11 is 0. The molecule has 2 unspecified atom stereocenters. The van der Waals surface area contributed by atoms with Gasteiger partial charge in [-0.05, 0) is 148 Å². The van der Waals surface area contributed by atoms with Crippen LogP contribution in [0.3, 0.4) is 0 Å². The third-order valence-electron chi connectivity index (χ3n) is 16.9. The van der Waals surface area contributed by atoms with Gasteiger partial charge in [0.25, 0.3) is 0 Å². The number of carbonyl (C=O) groups excluding carboxylic acids is 4. The highest BCUT2D eigenvalue weighted by molar-refractivity contribution is 7.47. The molecule has 0 radical (unpaired) electrons. The molecule has 19 heteroatoms. The Hall–Kier alpha value is -4.54. The molecular formula is C85H146O17P2. The van der Waals surface area contributed by atoms with Gasteiger partial charge in [0.2, 0.25) is 0 Å². The van der Waals surface area contributed by atoms with Gasteiger partial charge in [-0.15, -0.1) is 0 Å². The summed E-state index contributed by atoms with van der Waals surface area (Å²) in [6, 6.07) is 0. The molecule has 0 aromatic carbocycles. The van der Waals surface area contributed by atoms with Crippen molar-refractivity contribution in [2.45, 2.75) is 354 Å². The quantitative estimate of drug-likeness (QED) is 0.0169. The highest BCUT2D eigenvalue weighted by Crippen LogP contribution is 2.45. The normalized spacial score (nSPS) is 14.5. The number of aliphatic hydroxyl groups excluding tert-OH is 1. The second kappa shape index (κ2) is 76.6. The van der Waals surface area contributed by atoms with Crippen molar-refractivity contribution in [2.24, 2.45) is 0 Å².